The number of aryl methyl sites for hydroxylation is 2. The molecule has 0 atom stereocenters. The van der Waals surface area contributed by atoms with Crippen molar-refractivity contribution < 1.29 is 9.66 Å². The highest BCUT2D eigenvalue weighted by Crippen LogP contribution is 2.33. The highest BCUT2D eigenvalue weighted by Gasteiger charge is 2.16. The van der Waals surface area contributed by atoms with Crippen molar-refractivity contribution in [3.8, 4) is 11.5 Å². The summed E-state index contributed by atoms with van der Waals surface area (Å²) in [7, 11) is 0. The molecule has 0 aliphatic rings. The first-order chi connectivity index (χ1) is 8.99. The number of pyridine rings is 1. The maximum atomic E-state index is 10.9. The molecule has 19 heavy (non-hydrogen) atoms. The van der Waals surface area contributed by atoms with E-state index < -0.39 is 4.92 Å². The molecule has 0 spiro atoms. The van der Waals surface area contributed by atoms with Crippen LogP contribution in [-0.4, -0.2) is 9.91 Å². The van der Waals surface area contributed by atoms with Crippen LogP contribution in [-0.2, 0) is 0 Å². The Balaban J connectivity index is 2.39. The van der Waals surface area contributed by atoms with E-state index in [4.69, 9.17) is 4.74 Å². The minimum atomic E-state index is -0.513. The first-order valence-corrected chi connectivity index (χ1v) is 6.31. The Labute approximate surface area is 118 Å². The van der Waals surface area contributed by atoms with Crippen LogP contribution in [0.25, 0.3) is 0 Å². The Morgan fingerprint density at radius 3 is 2.53 bits per heavy atom. The molecule has 0 unspecified atom stereocenters. The van der Waals surface area contributed by atoms with E-state index in [9.17, 15) is 10.1 Å². The van der Waals surface area contributed by atoms with Gasteiger partial charge in [-0.3, -0.25) is 15.1 Å². The first kappa shape index (κ1) is 13.5. The summed E-state index contributed by atoms with van der Waals surface area (Å²) in [5.41, 5.74) is 1.86. The van der Waals surface area contributed by atoms with Gasteiger partial charge in [0.15, 0.2) is 0 Å². The van der Waals surface area contributed by atoms with Crippen molar-refractivity contribution >= 4 is 21.6 Å². The minimum Gasteiger partial charge on any atom is -0.450 e. The number of nitro groups is 1. The molecule has 1 aromatic heterocycles. The van der Waals surface area contributed by atoms with Crippen LogP contribution in [0.3, 0.4) is 0 Å². The average molecular weight is 323 g/mol. The zero-order valence-electron chi connectivity index (χ0n) is 10.4. The molecule has 98 valence electrons. The number of nitrogens with zero attached hydrogens (tertiary/aromatic N) is 2. The number of rotatable bonds is 3. The molecule has 5 nitrogen and oxygen atoms in total. The monoisotopic (exact) mass is 322 g/mol. The molecule has 6 heteroatoms. The summed E-state index contributed by atoms with van der Waals surface area (Å²) < 4.78 is 6.59. The second-order valence-corrected chi connectivity index (χ2v) is 4.87. The van der Waals surface area contributed by atoms with Gasteiger partial charge >= 0.3 is 5.69 Å². The fourth-order valence-corrected chi connectivity index (χ4v) is 1.92. The molecule has 0 N–H and O–H groups in total. The maximum Gasteiger partial charge on any atom is 0.329 e. The van der Waals surface area contributed by atoms with Gasteiger partial charge in [-0.1, -0.05) is 15.9 Å². The molecular weight excluding hydrogens is 312 g/mol. The lowest BCUT2D eigenvalue weighted by molar-refractivity contribution is -0.386. The fraction of sp³-hybridized carbons (Fsp3) is 0.154. The Hall–Kier alpha value is -1.95. The van der Waals surface area contributed by atoms with Crippen molar-refractivity contribution in [3.05, 3.63) is 56.3 Å². The Kier molecular flexibility index (Phi) is 3.80. The van der Waals surface area contributed by atoms with Crippen LogP contribution in [0.4, 0.5) is 5.69 Å². The molecule has 2 aromatic rings. The van der Waals surface area contributed by atoms with Gasteiger partial charge in [-0.15, -0.1) is 0 Å². The van der Waals surface area contributed by atoms with Gasteiger partial charge in [0.2, 0.25) is 5.75 Å². The molecule has 0 aliphatic heterocycles. The number of hydrogen-bond donors (Lipinski definition) is 0. The number of hydrogen-bond acceptors (Lipinski definition) is 4. The average Bonchev–Trinajstić information content (AvgIpc) is 2.36. The Morgan fingerprint density at radius 1 is 1.32 bits per heavy atom. The summed E-state index contributed by atoms with van der Waals surface area (Å²) in [4.78, 5) is 14.1. The third kappa shape index (κ3) is 2.90. The van der Waals surface area contributed by atoms with Crippen LogP contribution >= 0.6 is 15.9 Å². The summed E-state index contributed by atoms with van der Waals surface area (Å²) in [5.74, 6) is 0.744. The predicted molar refractivity (Wildman–Crippen MR) is 74.6 cm³/mol. The SMILES string of the molecule is Cc1cc(Oc2ccncc2[N+](=O)[O-])cc(C)c1Br. The van der Waals surface area contributed by atoms with Crippen molar-refractivity contribution in [3.63, 3.8) is 0 Å². The van der Waals surface area contributed by atoms with Crippen LogP contribution in [0.1, 0.15) is 11.1 Å². The third-order valence-corrected chi connectivity index (χ3v) is 3.85. The van der Waals surface area contributed by atoms with Crippen LogP contribution < -0.4 is 4.74 Å². The van der Waals surface area contributed by atoms with E-state index in [0.717, 1.165) is 15.6 Å². The van der Waals surface area contributed by atoms with Crippen molar-refractivity contribution in [1.82, 2.24) is 4.98 Å². The molecule has 2 rings (SSSR count). The van der Waals surface area contributed by atoms with Gasteiger partial charge in [-0.25, -0.2) is 0 Å². The van der Waals surface area contributed by atoms with E-state index in [-0.39, 0.29) is 11.4 Å². The van der Waals surface area contributed by atoms with Gasteiger partial charge in [-0.05, 0) is 37.1 Å². The lowest BCUT2D eigenvalue weighted by Crippen LogP contribution is -1.95. The Bertz CT molecular complexity index is 621. The first-order valence-electron chi connectivity index (χ1n) is 5.52. The van der Waals surface area contributed by atoms with Crippen LogP contribution in [0.5, 0.6) is 11.5 Å². The zero-order valence-corrected chi connectivity index (χ0v) is 12.0. The summed E-state index contributed by atoms with van der Waals surface area (Å²) in [6, 6.07) is 5.12. The van der Waals surface area contributed by atoms with Gasteiger partial charge in [0.1, 0.15) is 11.9 Å². The molecule has 1 aromatic carbocycles. The van der Waals surface area contributed by atoms with Crippen molar-refractivity contribution in [2.45, 2.75) is 13.8 Å². The molecule has 0 amide bonds. The second-order valence-electron chi connectivity index (χ2n) is 4.07. The van der Waals surface area contributed by atoms with E-state index in [0.29, 0.717) is 5.75 Å². The molecule has 0 bridgehead atoms. The number of ether oxygens (including phenoxy) is 1. The summed E-state index contributed by atoms with van der Waals surface area (Å²) >= 11 is 3.46. The molecule has 0 fully saturated rings. The standard InChI is InChI=1S/C13H11BrN2O3/c1-8-5-10(6-9(2)13(8)14)19-12-3-4-15-7-11(12)16(17)18/h3-7H,1-2H3. The normalized spacial score (nSPS) is 10.3. The van der Waals surface area contributed by atoms with Crippen LogP contribution in [0.2, 0.25) is 0 Å². The summed E-state index contributed by atoms with van der Waals surface area (Å²) in [6.07, 6.45) is 2.63. The number of halogens is 1. The lowest BCUT2D eigenvalue weighted by Gasteiger charge is -2.09. The van der Waals surface area contributed by atoms with Gasteiger partial charge in [0, 0.05) is 16.7 Å². The second kappa shape index (κ2) is 5.36. The molecule has 1 heterocycles. The molecule has 0 radical (unpaired) electrons. The van der Waals surface area contributed by atoms with E-state index in [2.05, 4.69) is 20.9 Å². The Morgan fingerprint density at radius 2 is 1.95 bits per heavy atom. The molecule has 0 saturated heterocycles. The quantitative estimate of drug-likeness (QED) is 0.628. The molecule has 0 aliphatic carbocycles. The highest BCUT2D eigenvalue weighted by molar-refractivity contribution is 9.10. The van der Waals surface area contributed by atoms with E-state index >= 15 is 0 Å². The minimum absolute atomic E-state index is 0.152. The topological polar surface area (TPSA) is 65.3 Å². The fourth-order valence-electron chi connectivity index (χ4n) is 1.69. The third-order valence-electron chi connectivity index (χ3n) is 2.60. The predicted octanol–water partition coefficient (Wildman–Crippen LogP) is 4.16. The van der Waals surface area contributed by atoms with E-state index in [1.54, 1.807) is 0 Å². The van der Waals surface area contributed by atoms with Gasteiger partial charge in [-0.2, -0.15) is 0 Å². The maximum absolute atomic E-state index is 10.9. The molecule has 0 saturated carbocycles. The van der Waals surface area contributed by atoms with E-state index in [1.165, 1.54) is 18.5 Å². The van der Waals surface area contributed by atoms with Crippen molar-refractivity contribution in [1.29, 1.82) is 0 Å². The van der Waals surface area contributed by atoms with Gasteiger partial charge in [0.25, 0.3) is 0 Å². The van der Waals surface area contributed by atoms with Crippen LogP contribution in [0.15, 0.2) is 35.1 Å². The van der Waals surface area contributed by atoms with Gasteiger partial charge < -0.3 is 4.74 Å². The van der Waals surface area contributed by atoms with E-state index in [1.807, 2.05) is 26.0 Å². The molecular formula is C13H11BrN2O3. The summed E-state index contributed by atoms with van der Waals surface area (Å²) in [6.45, 7) is 3.87. The summed E-state index contributed by atoms with van der Waals surface area (Å²) in [5, 5.41) is 10.9. The van der Waals surface area contributed by atoms with Crippen molar-refractivity contribution in [2.75, 3.05) is 0 Å². The largest absolute Gasteiger partial charge is 0.450 e. The lowest BCUT2D eigenvalue weighted by atomic mass is 10.1. The highest BCUT2D eigenvalue weighted by atomic mass is 79.9. The van der Waals surface area contributed by atoms with Crippen LogP contribution in [0, 0.1) is 24.0 Å². The zero-order chi connectivity index (χ0) is 14.0. The number of aromatic nitrogens is 1. The van der Waals surface area contributed by atoms with Gasteiger partial charge in [0.05, 0.1) is 4.92 Å². The van der Waals surface area contributed by atoms with Crippen molar-refractivity contribution in [2.24, 2.45) is 0 Å². The smallest absolute Gasteiger partial charge is 0.329 e. The number of benzene rings is 1.